The quantitative estimate of drug-likeness (QED) is 0.327. The standard InChI is InChI=1S/C29H28FN7O4/c30-23-13-19(15-31)1-2-21(23)18-41-29-32-7-5-26(34-29)36-10-8-35(9-11-36)17-27-33-24-4-3-20(28(38)39)14-25(24)37(27)16-22-6-12-40-22/h1-5,7,13-14,22H,6,8-12,16-18H2,(H,38,39). The van der Waals surface area contributed by atoms with Crippen molar-refractivity contribution in [1.82, 2.24) is 24.4 Å². The van der Waals surface area contributed by atoms with Gasteiger partial charge in [-0.3, -0.25) is 4.90 Å². The van der Waals surface area contributed by atoms with Gasteiger partial charge in [0.25, 0.3) is 0 Å². The largest absolute Gasteiger partial charge is 0.478 e. The molecule has 2 aliphatic heterocycles. The highest BCUT2D eigenvalue weighted by Crippen LogP contribution is 2.24. The summed E-state index contributed by atoms with van der Waals surface area (Å²) >= 11 is 0. The molecule has 1 N–H and O–H groups in total. The molecule has 4 heterocycles. The Morgan fingerprint density at radius 3 is 2.68 bits per heavy atom. The highest BCUT2D eigenvalue weighted by atomic mass is 19.1. The molecule has 6 rings (SSSR count). The van der Waals surface area contributed by atoms with Crippen LogP contribution in [0.25, 0.3) is 11.0 Å². The van der Waals surface area contributed by atoms with Crippen LogP contribution >= 0.6 is 0 Å². The van der Waals surface area contributed by atoms with Gasteiger partial charge in [0.1, 0.15) is 24.1 Å². The van der Waals surface area contributed by atoms with Gasteiger partial charge < -0.3 is 24.0 Å². The summed E-state index contributed by atoms with van der Waals surface area (Å²) in [5.41, 5.74) is 2.39. The number of rotatable bonds is 9. The summed E-state index contributed by atoms with van der Waals surface area (Å²) in [5, 5.41) is 18.4. The first-order valence-electron chi connectivity index (χ1n) is 13.4. The Morgan fingerprint density at radius 1 is 1.15 bits per heavy atom. The molecular formula is C29H28FN7O4. The lowest BCUT2D eigenvalue weighted by atomic mass is 10.1. The van der Waals surface area contributed by atoms with Crippen LogP contribution in [0.3, 0.4) is 0 Å². The van der Waals surface area contributed by atoms with Gasteiger partial charge >= 0.3 is 12.0 Å². The van der Waals surface area contributed by atoms with Crippen molar-refractivity contribution in [3.05, 3.63) is 77.0 Å². The van der Waals surface area contributed by atoms with Crippen LogP contribution in [0.2, 0.25) is 0 Å². The molecule has 12 heteroatoms. The molecule has 0 saturated carbocycles. The molecule has 2 saturated heterocycles. The molecule has 2 aromatic carbocycles. The molecule has 2 aromatic heterocycles. The average Bonchev–Trinajstić information content (AvgIpc) is 3.30. The van der Waals surface area contributed by atoms with E-state index in [1.165, 1.54) is 12.1 Å². The number of ether oxygens (including phenoxy) is 2. The van der Waals surface area contributed by atoms with Gasteiger partial charge in [0.2, 0.25) is 0 Å². The van der Waals surface area contributed by atoms with Gasteiger partial charge in [-0.05, 0) is 42.8 Å². The molecule has 0 radical (unpaired) electrons. The normalized spacial score (nSPS) is 17.3. The molecule has 2 aliphatic rings. The first-order valence-corrected chi connectivity index (χ1v) is 13.4. The zero-order chi connectivity index (χ0) is 28.3. The lowest BCUT2D eigenvalue weighted by molar-refractivity contribution is -0.0592. The van der Waals surface area contributed by atoms with E-state index in [-0.39, 0.29) is 29.8 Å². The number of benzene rings is 2. The van der Waals surface area contributed by atoms with Crippen molar-refractivity contribution >= 4 is 22.8 Å². The molecule has 0 amide bonds. The van der Waals surface area contributed by atoms with Crippen LogP contribution in [0.5, 0.6) is 6.01 Å². The van der Waals surface area contributed by atoms with Gasteiger partial charge in [-0.15, -0.1) is 0 Å². The number of hydrogen-bond acceptors (Lipinski definition) is 9. The second-order valence-corrected chi connectivity index (χ2v) is 10.1. The summed E-state index contributed by atoms with van der Waals surface area (Å²) in [5.74, 6) is 0.147. The van der Waals surface area contributed by atoms with Gasteiger partial charge in [-0.2, -0.15) is 10.2 Å². The lowest BCUT2D eigenvalue weighted by Gasteiger charge is -2.35. The number of imidazole rings is 1. The minimum atomic E-state index is -0.961. The maximum absolute atomic E-state index is 14.2. The van der Waals surface area contributed by atoms with Crippen LogP contribution < -0.4 is 9.64 Å². The fourth-order valence-corrected chi connectivity index (χ4v) is 5.05. The van der Waals surface area contributed by atoms with Gasteiger partial charge in [0.05, 0.1) is 47.4 Å². The maximum atomic E-state index is 14.2. The zero-order valence-corrected chi connectivity index (χ0v) is 22.2. The number of halogens is 1. The lowest BCUT2D eigenvalue weighted by Crippen LogP contribution is -2.46. The van der Waals surface area contributed by atoms with Crippen LogP contribution in [0.15, 0.2) is 48.7 Å². The summed E-state index contributed by atoms with van der Waals surface area (Å²) in [4.78, 5) is 29.6. The van der Waals surface area contributed by atoms with Crippen molar-refractivity contribution in [3.63, 3.8) is 0 Å². The van der Waals surface area contributed by atoms with Crippen molar-refractivity contribution in [2.45, 2.75) is 32.2 Å². The highest BCUT2D eigenvalue weighted by molar-refractivity contribution is 5.92. The Hall–Kier alpha value is -4.60. The van der Waals surface area contributed by atoms with E-state index in [0.717, 1.165) is 61.9 Å². The van der Waals surface area contributed by atoms with Crippen LogP contribution in [-0.4, -0.2) is 74.4 Å². The summed E-state index contributed by atoms with van der Waals surface area (Å²) in [6.07, 6.45) is 2.71. The third kappa shape index (κ3) is 5.82. The van der Waals surface area contributed by atoms with Gasteiger partial charge in [0, 0.05) is 44.5 Å². The minimum Gasteiger partial charge on any atom is -0.478 e. The molecule has 0 bridgehead atoms. The minimum absolute atomic E-state index is 0.0460. The van der Waals surface area contributed by atoms with E-state index in [4.69, 9.17) is 19.7 Å². The van der Waals surface area contributed by atoms with Crippen molar-refractivity contribution < 1.29 is 23.8 Å². The van der Waals surface area contributed by atoms with Crippen molar-refractivity contribution in [3.8, 4) is 12.1 Å². The number of piperazine rings is 1. The molecule has 2 fully saturated rings. The van der Waals surface area contributed by atoms with Crippen LogP contribution in [0.1, 0.15) is 33.7 Å². The number of aromatic carboxylic acids is 1. The van der Waals surface area contributed by atoms with E-state index in [9.17, 15) is 14.3 Å². The Balaban J connectivity index is 1.10. The number of aromatic nitrogens is 4. The number of nitriles is 1. The van der Waals surface area contributed by atoms with E-state index in [0.29, 0.717) is 18.7 Å². The predicted octanol–water partition coefficient (Wildman–Crippen LogP) is 3.23. The average molecular weight is 558 g/mol. The van der Waals surface area contributed by atoms with Gasteiger partial charge in [-0.1, -0.05) is 6.07 Å². The van der Waals surface area contributed by atoms with Crippen LogP contribution in [0.4, 0.5) is 10.2 Å². The van der Waals surface area contributed by atoms with Gasteiger partial charge in [-0.25, -0.2) is 19.2 Å². The van der Waals surface area contributed by atoms with Crippen LogP contribution in [0, 0.1) is 17.1 Å². The first-order chi connectivity index (χ1) is 20.0. The Labute approximate surface area is 235 Å². The topological polar surface area (TPSA) is 130 Å². The van der Waals surface area contributed by atoms with E-state index in [1.807, 2.05) is 12.1 Å². The third-order valence-corrected chi connectivity index (χ3v) is 7.47. The second kappa shape index (κ2) is 11.5. The number of carbonyl (C=O) groups is 1. The van der Waals surface area contributed by atoms with E-state index < -0.39 is 11.8 Å². The monoisotopic (exact) mass is 557 g/mol. The van der Waals surface area contributed by atoms with E-state index >= 15 is 0 Å². The molecule has 0 aliphatic carbocycles. The molecule has 210 valence electrons. The van der Waals surface area contributed by atoms with Crippen molar-refractivity contribution in [2.75, 3.05) is 37.7 Å². The third-order valence-electron chi connectivity index (χ3n) is 7.47. The Morgan fingerprint density at radius 2 is 1.98 bits per heavy atom. The summed E-state index contributed by atoms with van der Waals surface area (Å²) < 4.78 is 27.6. The summed E-state index contributed by atoms with van der Waals surface area (Å²) in [7, 11) is 0. The molecule has 1 unspecified atom stereocenters. The number of anilines is 1. The highest BCUT2D eigenvalue weighted by Gasteiger charge is 2.25. The summed E-state index contributed by atoms with van der Waals surface area (Å²) in [6, 6.07) is 13.2. The number of fused-ring (bicyclic) bond motifs is 1. The fourth-order valence-electron chi connectivity index (χ4n) is 5.05. The zero-order valence-electron chi connectivity index (χ0n) is 22.2. The summed E-state index contributed by atoms with van der Waals surface area (Å²) in [6.45, 7) is 5.00. The first kappa shape index (κ1) is 26.6. The number of carboxylic acid groups (broad SMARTS) is 1. The Kier molecular flexibility index (Phi) is 7.45. The van der Waals surface area contributed by atoms with Gasteiger partial charge in [0.15, 0.2) is 0 Å². The molecule has 0 spiro atoms. The number of hydrogen-bond donors (Lipinski definition) is 1. The van der Waals surface area contributed by atoms with Crippen LogP contribution in [-0.2, 0) is 24.4 Å². The molecule has 11 nitrogen and oxygen atoms in total. The van der Waals surface area contributed by atoms with Crippen molar-refractivity contribution in [2.24, 2.45) is 0 Å². The Bertz CT molecular complexity index is 1620. The smallest absolute Gasteiger partial charge is 0.335 e. The number of nitrogens with zero attached hydrogens (tertiary/aromatic N) is 7. The molecular weight excluding hydrogens is 529 g/mol. The second-order valence-electron chi connectivity index (χ2n) is 10.1. The SMILES string of the molecule is N#Cc1ccc(COc2nccc(N3CCN(Cc4nc5ccc(C(=O)O)cc5n4CC4CCO4)CC3)n2)c(F)c1. The van der Waals surface area contributed by atoms with E-state index in [2.05, 4.69) is 24.3 Å². The molecule has 4 aromatic rings. The maximum Gasteiger partial charge on any atom is 0.335 e. The van der Waals surface area contributed by atoms with Crippen molar-refractivity contribution in [1.29, 1.82) is 5.26 Å². The molecule has 41 heavy (non-hydrogen) atoms. The number of carboxylic acids is 1. The predicted molar refractivity (Wildman–Crippen MR) is 146 cm³/mol. The molecule has 1 atom stereocenters. The van der Waals surface area contributed by atoms with E-state index in [1.54, 1.807) is 30.5 Å². The fraction of sp³-hybridized carbons (Fsp3) is 0.345.